The van der Waals surface area contributed by atoms with Gasteiger partial charge in [-0.2, -0.15) is 0 Å². The Morgan fingerprint density at radius 3 is 2.40 bits per heavy atom. The van der Waals surface area contributed by atoms with Gasteiger partial charge in [0.2, 0.25) is 0 Å². The molecule has 0 bridgehead atoms. The molecule has 136 valence electrons. The van der Waals surface area contributed by atoms with Gasteiger partial charge in [0, 0.05) is 38.3 Å². The second kappa shape index (κ2) is 6.86. The van der Waals surface area contributed by atoms with Crippen molar-refractivity contribution in [3.05, 3.63) is 41.5 Å². The van der Waals surface area contributed by atoms with Gasteiger partial charge >= 0.3 is 0 Å². The van der Waals surface area contributed by atoms with Crippen LogP contribution in [0.1, 0.15) is 25.3 Å². The summed E-state index contributed by atoms with van der Waals surface area (Å²) in [6.45, 7) is 6.10. The van der Waals surface area contributed by atoms with Crippen molar-refractivity contribution in [2.45, 2.75) is 31.8 Å². The van der Waals surface area contributed by atoms with Crippen LogP contribution in [0.25, 0.3) is 6.08 Å². The zero-order chi connectivity index (χ0) is 17.4. The summed E-state index contributed by atoms with van der Waals surface area (Å²) in [5, 5.41) is 0. The Morgan fingerprint density at radius 1 is 1.08 bits per heavy atom. The molecule has 3 aliphatic rings. The smallest absolute Gasteiger partial charge is 0.153 e. The zero-order valence-electron chi connectivity index (χ0n) is 15.0. The minimum absolute atomic E-state index is 0.164. The number of sulfone groups is 1. The molecule has 0 spiro atoms. The highest BCUT2D eigenvalue weighted by molar-refractivity contribution is 7.91. The SMILES string of the molecule is C/C(=C\c1ccccc1)CN1CCN(CC2CC2)[C@@H]2CS(=O)(=O)C[C@@H]21. The monoisotopic (exact) mass is 360 g/mol. The molecule has 2 saturated heterocycles. The van der Waals surface area contributed by atoms with Gasteiger partial charge in [-0.3, -0.25) is 9.80 Å². The summed E-state index contributed by atoms with van der Waals surface area (Å²) in [5.41, 5.74) is 2.51. The molecule has 2 aliphatic heterocycles. The molecule has 1 saturated carbocycles. The molecular weight excluding hydrogens is 332 g/mol. The summed E-state index contributed by atoms with van der Waals surface area (Å²) >= 11 is 0. The maximum atomic E-state index is 12.3. The summed E-state index contributed by atoms with van der Waals surface area (Å²) in [6.07, 6.45) is 4.86. The van der Waals surface area contributed by atoms with Gasteiger partial charge in [-0.1, -0.05) is 42.0 Å². The van der Waals surface area contributed by atoms with Crippen LogP contribution in [0.5, 0.6) is 0 Å². The molecule has 0 amide bonds. The van der Waals surface area contributed by atoms with Crippen LogP contribution in [0.15, 0.2) is 35.9 Å². The largest absolute Gasteiger partial charge is 0.296 e. The van der Waals surface area contributed by atoms with Gasteiger partial charge in [0.25, 0.3) is 0 Å². The minimum atomic E-state index is -2.91. The summed E-state index contributed by atoms with van der Waals surface area (Å²) in [4.78, 5) is 4.88. The Balaban J connectivity index is 1.47. The van der Waals surface area contributed by atoms with Gasteiger partial charge in [0.1, 0.15) is 0 Å². The third-order valence-electron chi connectivity index (χ3n) is 5.76. The van der Waals surface area contributed by atoms with Crippen LogP contribution in [0.3, 0.4) is 0 Å². The maximum Gasteiger partial charge on any atom is 0.153 e. The van der Waals surface area contributed by atoms with Crippen molar-refractivity contribution in [1.82, 2.24) is 9.80 Å². The second-order valence-corrected chi connectivity index (χ2v) is 10.2. The molecule has 0 aromatic heterocycles. The molecule has 25 heavy (non-hydrogen) atoms. The first kappa shape index (κ1) is 17.3. The molecule has 1 aromatic rings. The number of piperazine rings is 1. The van der Waals surface area contributed by atoms with Crippen LogP contribution in [0.4, 0.5) is 0 Å². The van der Waals surface area contributed by atoms with E-state index >= 15 is 0 Å². The standard InChI is InChI=1S/C20H28N2O2S/c1-16(11-17-5-3-2-4-6-17)12-21-9-10-22(13-18-7-8-18)20-15-25(23,24)14-19(20)21/h2-6,11,18-20H,7-10,12-15H2,1H3/b16-11+/t19-,20+/m0/s1. The van der Waals surface area contributed by atoms with E-state index in [-0.39, 0.29) is 12.1 Å². The lowest BCUT2D eigenvalue weighted by molar-refractivity contribution is 0.0486. The van der Waals surface area contributed by atoms with E-state index in [4.69, 9.17) is 0 Å². The number of hydrogen-bond donors (Lipinski definition) is 0. The molecule has 1 aromatic carbocycles. The van der Waals surface area contributed by atoms with Gasteiger partial charge < -0.3 is 0 Å². The topological polar surface area (TPSA) is 40.6 Å². The third kappa shape index (κ3) is 4.15. The van der Waals surface area contributed by atoms with E-state index in [1.54, 1.807) is 0 Å². The van der Waals surface area contributed by atoms with E-state index < -0.39 is 9.84 Å². The van der Waals surface area contributed by atoms with Crippen molar-refractivity contribution in [3.63, 3.8) is 0 Å². The van der Waals surface area contributed by atoms with Crippen molar-refractivity contribution in [2.24, 2.45) is 5.92 Å². The van der Waals surface area contributed by atoms with E-state index in [1.165, 1.54) is 24.0 Å². The van der Waals surface area contributed by atoms with Gasteiger partial charge in [-0.25, -0.2) is 8.42 Å². The summed E-state index contributed by atoms with van der Waals surface area (Å²) in [7, 11) is -2.91. The van der Waals surface area contributed by atoms with Crippen LogP contribution >= 0.6 is 0 Å². The molecule has 0 unspecified atom stereocenters. The highest BCUT2D eigenvalue weighted by atomic mass is 32.2. The second-order valence-electron chi connectivity index (χ2n) is 8.02. The number of nitrogens with zero attached hydrogens (tertiary/aromatic N) is 2. The normalized spacial score (nSPS) is 30.4. The Kier molecular flexibility index (Phi) is 4.73. The zero-order valence-corrected chi connectivity index (χ0v) is 15.8. The van der Waals surface area contributed by atoms with E-state index in [2.05, 4.69) is 47.1 Å². The van der Waals surface area contributed by atoms with Gasteiger partial charge in [-0.15, -0.1) is 0 Å². The molecule has 5 heteroatoms. The molecule has 4 nitrogen and oxygen atoms in total. The van der Waals surface area contributed by atoms with Crippen molar-refractivity contribution < 1.29 is 8.42 Å². The molecule has 0 N–H and O–H groups in total. The fourth-order valence-electron chi connectivity index (χ4n) is 4.35. The number of hydrogen-bond acceptors (Lipinski definition) is 4. The molecule has 0 radical (unpaired) electrons. The lowest BCUT2D eigenvalue weighted by Crippen LogP contribution is -2.59. The van der Waals surface area contributed by atoms with Crippen molar-refractivity contribution >= 4 is 15.9 Å². The quantitative estimate of drug-likeness (QED) is 0.808. The molecule has 1 aliphatic carbocycles. The number of rotatable bonds is 5. The molecular formula is C20H28N2O2S. The average molecular weight is 361 g/mol. The Hall–Kier alpha value is -1.17. The minimum Gasteiger partial charge on any atom is -0.296 e. The molecule has 3 fully saturated rings. The first-order valence-corrected chi connectivity index (χ1v) is 11.2. The average Bonchev–Trinajstić information content (AvgIpc) is 3.31. The Labute approximate surface area is 151 Å². The fourth-order valence-corrected chi connectivity index (χ4v) is 6.39. The van der Waals surface area contributed by atoms with Crippen LogP contribution in [0.2, 0.25) is 0 Å². The third-order valence-corrected chi connectivity index (χ3v) is 7.46. The van der Waals surface area contributed by atoms with Gasteiger partial charge in [0.15, 0.2) is 9.84 Å². The highest BCUT2D eigenvalue weighted by Gasteiger charge is 2.47. The van der Waals surface area contributed by atoms with E-state index in [9.17, 15) is 8.42 Å². The summed E-state index contributed by atoms with van der Waals surface area (Å²) in [5.74, 6) is 1.50. The Morgan fingerprint density at radius 2 is 1.72 bits per heavy atom. The van der Waals surface area contributed by atoms with E-state index in [0.29, 0.717) is 11.5 Å². The van der Waals surface area contributed by atoms with Gasteiger partial charge in [0.05, 0.1) is 11.5 Å². The predicted molar refractivity (Wildman–Crippen MR) is 102 cm³/mol. The van der Waals surface area contributed by atoms with Crippen LogP contribution in [-0.4, -0.2) is 68.0 Å². The van der Waals surface area contributed by atoms with E-state index in [0.717, 1.165) is 32.1 Å². The molecule has 4 rings (SSSR count). The Bertz CT molecular complexity index is 740. The molecule has 2 heterocycles. The van der Waals surface area contributed by atoms with Crippen LogP contribution in [-0.2, 0) is 9.84 Å². The first-order chi connectivity index (χ1) is 12.0. The summed E-state index contributed by atoms with van der Waals surface area (Å²) in [6, 6.07) is 10.7. The number of fused-ring (bicyclic) bond motifs is 1. The van der Waals surface area contributed by atoms with Crippen molar-refractivity contribution in [3.8, 4) is 0 Å². The van der Waals surface area contributed by atoms with Crippen LogP contribution < -0.4 is 0 Å². The predicted octanol–water partition coefficient (Wildman–Crippen LogP) is 2.28. The lowest BCUT2D eigenvalue weighted by atomic mass is 10.0. The summed E-state index contributed by atoms with van der Waals surface area (Å²) < 4.78 is 24.6. The highest BCUT2D eigenvalue weighted by Crippen LogP contribution is 2.34. The van der Waals surface area contributed by atoms with E-state index in [1.807, 2.05) is 6.07 Å². The lowest BCUT2D eigenvalue weighted by Gasteiger charge is -2.44. The van der Waals surface area contributed by atoms with Gasteiger partial charge in [-0.05, 0) is 31.2 Å². The molecule has 2 atom stereocenters. The fraction of sp³-hybridized carbons (Fsp3) is 0.600. The maximum absolute atomic E-state index is 12.3. The van der Waals surface area contributed by atoms with Crippen LogP contribution in [0, 0.1) is 5.92 Å². The van der Waals surface area contributed by atoms with Crippen molar-refractivity contribution in [1.29, 1.82) is 0 Å². The number of benzene rings is 1. The first-order valence-electron chi connectivity index (χ1n) is 9.41. The van der Waals surface area contributed by atoms with Crippen molar-refractivity contribution in [2.75, 3.05) is 37.7 Å².